The average Bonchev–Trinajstić information content (AvgIpc) is 3.06. The zero-order valence-corrected chi connectivity index (χ0v) is 19.4. The standard InChI is InChI=1S/C25H30N2S2/c1-16(2)23-20-13-25(3,4)12-11-22(20)29-24(23)21-10-9-18(14-26-21)19-8-6-5-7-17(19)15-27-28/h6,8-10,14,27-28H,1,5,7,11-13,15H2,2-4H3. The van der Waals surface area contributed by atoms with E-state index in [0.29, 0.717) is 5.41 Å². The van der Waals surface area contributed by atoms with Gasteiger partial charge >= 0.3 is 0 Å². The molecule has 2 aromatic heterocycles. The summed E-state index contributed by atoms with van der Waals surface area (Å²) >= 11 is 6.12. The van der Waals surface area contributed by atoms with Crippen LogP contribution in [0.15, 0.2) is 42.6 Å². The van der Waals surface area contributed by atoms with Crippen LogP contribution in [-0.2, 0) is 12.8 Å². The number of hydrogen-bond acceptors (Lipinski definition) is 4. The zero-order chi connectivity index (χ0) is 20.6. The van der Waals surface area contributed by atoms with Crippen molar-refractivity contribution in [2.75, 3.05) is 6.54 Å². The molecule has 2 nitrogen and oxygen atoms in total. The quantitative estimate of drug-likeness (QED) is 0.513. The highest BCUT2D eigenvalue weighted by atomic mass is 32.1. The molecule has 152 valence electrons. The molecule has 29 heavy (non-hydrogen) atoms. The van der Waals surface area contributed by atoms with Crippen molar-refractivity contribution in [2.45, 2.75) is 52.9 Å². The molecule has 2 heterocycles. The molecule has 0 fully saturated rings. The fourth-order valence-corrected chi connectivity index (χ4v) is 6.09. The Hall–Kier alpha value is -1.62. The molecule has 0 atom stereocenters. The number of hydrogen-bond donors (Lipinski definition) is 2. The number of aromatic nitrogens is 1. The summed E-state index contributed by atoms with van der Waals surface area (Å²) in [4.78, 5) is 7.72. The SMILES string of the molecule is C=C(C)c1c(-c2ccc(C3=C(CNS)CCC=C3)cn2)sc2c1CC(C)(C)CC2. The lowest BCUT2D eigenvalue weighted by Gasteiger charge is -2.30. The summed E-state index contributed by atoms with van der Waals surface area (Å²) in [5.74, 6) is 0. The summed E-state index contributed by atoms with van der Waals surface area (Å²) in [6.45, 7) is 12.0. The highest BCUT2D eigenvalue weighted by Crippen LogP contribution is 2.46. The highest BCUT2D eigenvalue weighted by Gasteiger charge is 2.31. The van der Waals surface area contributed by atoms with Gasteiger partial charge in [0.25, 0.3) is 0 Å². The van der Waals surface area contributed by atoms with E-state index in [-0.39, 0.29) is 0 Å². The van der Waals surface area contributed by atoms with E-state index < -0.39 is 0 Å². The van der Waals surface area contributed by atoms with Crippen LogP contribution in [-0.4, -0.2) is 11.5 Å². The van der Waals surface area contributed by atoms with Crippen LogP contribution in [0.3, 0.4) is 0 Å². The molecule has 0 unspecified atom stereocenters. The Kier molecular flexibility index (Phi) is 5.87. The van der Waals surface area contributed by atoms with Crippen LogP contribution in [0.4, 0.5) is 0 Å². The Labute approximate surface area is 184 Å². The Morgan fingerprint density at radius 1 is 1.31 bits per heavy atom. The molecule has 0 saturated heterocycles. The van der Waals surface area contributed by atoms with Crippen molar-refractivity contribution in [3.63, 3.8) is 0 Å². The summed E-state index contributed by atoms with van der Waals surface area (Å²) in [5.41, 5.74) is 9.30. The minimum atomic E-state index is 0.365. The number of thiol groups is 1. The number of fused-ring (bicyclic) bond motifs is 1. The van der Waals surface area contributed by atoms with Crippen molar-refractivity contribution in [3.8, 4) is 10.6 Å². The lowest BCUT2D eigenvalue weighted by atomic mass is 9.75. The predicted molar refractivity (Wildman–Crippen MR) is 130 cm³/mol. The first-order valence-corrected chi connectivity index (χ1v) is 11.7. The van der Waals surface area contributed by atoms with Crippen LogP contribution >= 0.6 is 24.2 Å². The van der Waals surface area contributed by atoms with Crippen LogP contribution in [0, 0.1) is 5.41 Å². The second kappa shape index (κ2) is 8.25. The van der Waals surface area contributed by atoms with Crippen molar-refractivity contribution < 1.29 is 0 Å². The van der Waals surface area contributed by atoms with Crippen LogP contribution in [0.2, 0.25) is 0 Å². The number of pyridine rings is 1. The molecule has 0 spiro atoms. The van der Waals surface area contributed by atoms with E-state index in [9.17, 15) is 0 Å². The second-order valence-electron chi connectivity index (χ2n) is 9.05. The number of nitrogens with zero attached hydrogens (tertiary/aromatic N) is 1. The van der Waals surface area contributed by atoms with Crippen molar-refractivity contribution in [2.24, 2.45) is 5.41 Å². The third-order valence-corrected chi connectivity index (χ3v) is 7.55. The molecule has 0 saturated carbocycles. The molecular weight excluding hydrogens is 392 g/mol. The molecule has 4 heteroatoms. The fraction of sp³-hybridized carbons (Fsp3) is 0.400. The van der Waals surface area contributed by atoms with Crippen LogP contribution < -0.4 is 4.72 Å². The molecule has 2 aromatic rings. The van der Waals surface area contributed by atoms with Crippen molar-refractivity contribution in [1.82, 2.24) is 9.71 Å². The van der Waals surface area contributed by atoms with Gasteiger partial charge in [-0.3, -0.25) is 9.71 Å². The molecule has 0 aliphatic heterocycles. The molecule has 0 amide bonds. The predicted octanol–water partition coefficient (Wildman–Crippen LogP) is 6.90. The van der Waals surface area contributed by atoms with Gasteiger partial charge in [-0.2, -0.15) is 0 Å². The Morgan fingerprint density at radius 2 is 2.14 bits per heavy atom. The Bertz CT molecular complexity index is 991. The van der Waals surface area contributed by atoms with E-state index in [1.165, 1.54) is 50.4 Å². The van der Waals surface area contributed by atoms with Gasteiger partial charge in [-0.15, -0.1) is 11.3 Å². The van der Waals surface area contributed by atoms with Gasteiger partial charge in [0.2, 0.25) is 0 Å². The second-order valence-corrected chi connectivity index (χ2v) is 10.5. The molecule has 0 aromatic carbocycles. The Balaban J connectivity index is 1.73. The smallest absolute Gasteiger partial charge is 0.0808 e. The van der Waals surface area contributed by atoms with Crippen molar-refractivity contribution >= 4 is 35.3 Å². The molecule has 1 N–H and O–H groups in total. The lowest BCUT2D eigenvalue weighted by molar-refractivity contribution is 0.317. The first-order valence-electron chi connectivity index (χ1n) is 10.4. The van der Waals surface area contributed by atoms with E-state index >= 15 is 0 Å². The van der Waals surface area contributed by atoms with E-state index in [0.717, 1.165) is 37.1 Å². The average molecular weight is 423 g/mol. The number of rotatable bonds is 5. The van der Waals surface area contributed by atoms with E-state index in [4.69, 9.17) is 4.98 Å². The van der Waals surface area contributed by atoms with Gasteiger partial charge in [0, 0.05) is 28.7 Å². The first-order chi connectivity index (χ1) is 13.9. The molecular formula is C25H30N2S2. The third kappa shape index (κ3) is 4.16. The maximum atomic E-state index is 4.90. The summed E-state index contributed by atoms with van der Waals surface area (Å²) in [6.07, 6.45) is 12.2. The van der Waals surface area contributed by atoms with Gasteiger partial charge in [-0.1, -0.05) is 51.5 Å². The van der Waals surface area contributed by atoms with Gasteiger partial charge in [0.05, 0.1) is 10.6 Å². The number of thiophene rings is 1. The summed E-state index contributed by atoms with van der Waals surface area (Å²) < 4.78 is 3.00. The molecule has 2 aliphatic carbocycles. The maximum absolute atomic E-state index is 4.90. The highest BCUT2D eigenvalue weighted by molar-refractivity contribution is 7.78. The van der Waals surface area contributed by atoms with Gasteiger partial charge in [-0.05, 0) is 72.8 Å². The van der Waals surface area contributed by atoms with Crippen molar-refractivity contribution in [1.29, 1.82) is 0 Å². The van der Waals surface area contributed by atoms with Gasteiger partial charge in [0.1, 0.15) is 0 Å². The topological polar surface area (TPSA) is 24.9 Å². The third-order valence-electron chi connectivity index (χ3n) is 6.08. The Morgan fingerprint density at radius 3 is 2.83 bits per heavy atom. The van der Waals surface area contributed by atoms with Gasteiger partial charge < -0.3 is 0 Å². The minimum Gasteiger partial charge on any atom is -0.263 e. The molecule has 2 aliphatic rings. The lowest BCUT2D eigenvalue weighted by Crippen LogP contribution is -2.21. The van der Waals surface area contributed by atoms with E-state index in [1.54, 1.807) is 0 Å². The van der Waals surface area contributed by atoms with Crippen molar-refractivity contribution in [3.05, 3.63) is 64.2 Å². The zero-order valence-electron chi connectivity index (χ0n) is 17.6. The molecule has 0 bridgehead atoms. The minimum absolute atomic E-state index is 0.365. The summed E-state index contributed by atoms with van der Waals surface area (Å²) in [7, 11) is 0. The molecule has 0 radical (unpaired) electrons. The van der Waals surface area contributed by atoms with E-state index in [2.05, 4.69) is 69.2 Å². The largest absolute Gasteiger partial charge is 0.263 e. The van der Waals surface area contributed by atoms with Gasteiger partial charge in [-0.25, -0.2) is 0 Å². The summed E-state index contributed by atoms with van der Waals surface area (Å²) in [5, 5.41) is 0. The van der Waals surface area contributed by atoms with Crippen LogP contribution in [0.5, 0.6) is 0 Å². The molecule has 4 rings (SSSR count). The monoisotopic (exact) mass is 422 g/mol. The van der Waals surface area contributed by atoms with Crippen LogP contribution in [0.25, 0.3) is 21.7 Å². The summed E-state index contributed by atoms with van der Waals surface area (Å²) in [6, 6.07) is 4.40. The number of nitrogens with one attached hydrogen (secondary N) is 1. The first kappa shape index (κ1) is 20.6. The fourth-order valence-electron chi connectivity index (χ4n) is 4.53. The van der Waals surface area contributed by atoms with Gasteiger partial charge in [0.15, 0.2) is 0 Å². The van der Waals surface area contributed by atoms with E-state index in [1.807, 2.05) is 17.5 Å². The maximum Gasteiger partial charge on any atom is 0.0808 e. The number of allylic oxidation sites excluding steroid dienone is 4. The number of aryl methyl sites for hydroxylation is 1. The normalized spacial score (nSPS) is 18.1. The van der Waals surface area contributed by atoms with Crippen LogP contribution in [0.1, 0.15) is 61.6 Å².